The third-order valence-electron chi connectivity index (χ3n) is 6.23. The molecule has 2 aliphatic heterocycles. The van der Waals surface area contributed by atoms with E-state index in [0.717, 1.165) is 63.2 Å². The topological polar surface area (TPSA) is 53.4 Å². The number of aromatic nitrogens is 2. The summed E-state index contributed by atoms with van der Waals surface area (Å²) in [6.45, 7) is 4.00. The van der Waals surface area contributed by atoms with E-state index < -0.39 is 0 Å². The predicted octanol–water partition coefficient (Wildman–Crippen LogP) is 5.68. The molecule has 0 spiro atoms. The van der Waals surface area contributed by atoms with Crippen molar-refractivity contribution in [3.05, 3.63) is 58.4 Å². The molecule has 0 radical (unpaired) electrons. The van der Waals surface area contributed by atoms with Gasteiger partial charge in [-0.15, -0.1) is 11.3 Å². The number of anilines is 3. The van der Waals surface area contributed by atoms with Crippen molar-refractivity contribution in [2.24, 2.45) is 0 Å². The minimum Gasteiger partial charge on any atom is -0.364 e. The first-order valence-corrected chi connectivity index (χ1v) is 11.9. The zero-order valence-corrected chi connectivity index (χ0v) is 19.4. The molecule has 0 bridgehead atoms. The number of rotatable bonds is 2. The van der Waals surface area contributed by atoms with Gasteiger partial charge in [0.15, 0.2) is 0 Å². The summed E-state index contributed by atoms with van der Waals surface area (Å²) >= 11 is 7.54. The second kappa shape index (κ2) is 7.25. The number of benzene rings is 2. The fraction of sp³-hybridized carbons (Fsp3) is 0.250. The largest absolute Gasteiger partial charge is 0.364 e. The lowest BCUT2D eigenvalue weighted by atomic mass is 10.1. The van der Waals surface area contributed by atoms with Gasteiger partial charge in [0.05, 0.1) is 16.7 Å². The Balaban J connectivity index is 1.38. The molecule has 2 aliphatic rings. The lowest BCUT2D eigenvalue weighted by Crippen LogP contribution is -2.46. The average molecular weight is 464 g/mol. The van der Waals surface area contributed by atoms with E-state index in [2.05, 4.69) is 34.0 Å². The highest BCUT2D eigenvalue weighted by Gasteiger charge is 2.33. The number of thiophene rings is 1. The van der Waals surface area contributed by atoms with Gasteiger partial charge >= 0.3 is 0 Å². The Labute approximate surface area is 195 Å². The lowest BCUT2D eigenvalue weighted by molar-refractivity contribution is 0.0981. The highest BCUT2D eigenvalue weighted by atomic mass is 35.5. The van der Waals surface area contributed by atoms with Crippen LogP contribution in [-0.2, 0) is 6.54 Å². The van der Waals surface area contributed by atoms with E-state index in [0.29, 0.717) is 5.02 Å². The molecule has 1 N–H and O–H groups in total. The molecule has 162 valence electrons. The van der Waals surface area contributed by atoms with E-state index in [4.69, 9.17) is 16.6 Å². The fourth-order valence-electron chi connectivity index (χ4n) is 4.66. The van der Waals surface area contributed by atoms with Gasteiger partial charge in [-0.25, -0.2) is 4.98 Å². The van der Waals surface area contributed by atoms with Crippen LogP contribution in [0, 0.1) is 0 Å². The molecule has 1 amide bonds. The number of nitrogens with zero attached hydrogens (tertiary/aromatic N) is 4. The van der Waals surface area contributed by atoms with E-state index in [9.17, 15) is 4.79 Å². The number of fused-ring (bicyclic) bond motifs is 4. The number of amides is 1. The molecular formula is C24H22ClN5OS. The zero-order chi connectivity index (χ0) is 22.0. The second-order valence-corrected chi connectivity index (χ2v) is 9.86. The molecule has 2 aromatic heterocycles. The Morgan fingerprint density at radius 2 is 1.94 bits per heavy atom. The molecule has 8 heteroatoms. The van der Waals surface area contributed by atoms with Crippen LogP contribution in [-0.4, -0.2) is 35.2 Å². The molecule has 2 aromatic carbocycles. The van der Waals surface area contributed by atoms with Gasteiger partial charge in [0.25, 0.3) is 5.91 Å². The third-order valence-corrected chi connectivity index (χ3v) is 7.66. The smallest absolute Gasteiger partial charge is 0.272 e. The number of halogens is 1. The van der Waals surface area contributed by atoms with Crippen LogP contribution in [0.1, 0.15) is 23.0 Å². The van der Waals surface area contributed by atoms with E-state index in [1.54, 1.807) is 0 Å². The Kier molecular flexibility index (Phi) is 4.45. The normalized spacial score (nSPS) is 18.0. The first kappa shape index (κ1) is 19.6. The average Bonchev–Trinajstić information content (AvgIpc) is 3.37. The van der Waals surface area contributed by atoms with Crippen LogP contribution < -0.4 is 15.1 Å². The predicted molar refractivity (Wildman–Crippen MR) is 132 cm³/mol. The Morgan fingerprint density at radius 3 is 2.75 bits per heavy atom. The SMILES string of the molecule is CC1Nc2cc(-c3ccc(Cl)cc3)sc2C(=O)N1c1ccc2c(c1)nc1n2CCCN1C. The molecule has 6 nitrogen and oxygen atoms in total. The highest BCUT2D eigenvalue weighted by Crippen LogP contribution is 2.40. The Hall–Kier alpha value is -3.03. The van der Waals surface area contributed by atoms with Crippen LogP contribution in [0.4, 0.5) is 17.3 Å². The van der Waals surface area contributed by atoms with Crippen LogP contribution in [0.5, 0.6) is 0 Å². The molecule has 0 saturated heterocycles. The maximum absolute atomic E-state index is 13.6. The maximum atomic E-state index is 13.6. The van der Waals surface area contributed by atoms with Crippen molar-refractivity contribution in [2.75, 3.05) is 28.7 Å². The maximum Gasteiger partial charge on any atom is 0.272 e. The van der Waals surface area contributed by atoms with E-state index in [-0.39, 0.29) is 12.1 Å². The quantitative estimate of drug-likeness (QED) is 0.415. The Morgan fingerprint density at radius 1 is 1.12 bits per heavy atom. The van der Waals surface area contributed by atoms with Gasteiger partial charge in [-0.05, 0) is 55.3 Å². The highest BCUT2D eigenvalue weighted by molar-refractivity contribution is 7.18. The van der Waals surface area contributed by atoms with Crippen molar-refractivity contribution in [3.8, 4) is 10.4 Å². The summed E-state index contributed by atoms with van der Waals surface area (Å²) in [5, 5.41) is 4.20. The van der Waals surface area contributed by atoms with Crippen molar-refractivity contribution < 1.29 is 4.79 Å². The van der Waals surface area contributed by atoms with Gasteiger partial charge in [0.1, 0.15) is 11.0 Å². The fourth-order valence-corrected chi connectivity index (χ4v) is 5.85. The second-order valence-electron chi connectivity index (χ2n) is 8.37. The van der Waals surface area contributed by atoms with Gasteiger partial charge in [-0.2, -0.15) is 0 Å². The number of imidazole rings is 1. The van der Waals surface area contributed by atoms with Gasteiger partial charge in [-0.1, -0.05) is 23.7 Å². The first-order valence-electron chi connectivity index (χ1n) is 10.7. The molecule has 0 saturated carbocycles. The van der Waals surface area contributed by atoms with Crippen LogP contribution in [0.15, 0.2) is 48.5 Å². The summed E-state index contributed by atoms with van der Waals surface area (Å²) < 4.78 is 2.26. The van der Waals surface area contributed by atoms with Crippen molar-refractivity contribution in [1.29, 1.82) is 0 Å². The molecular weight excluding hydrogens is 442 g/mol. The molecule has 1 unspecified atom stereocenters. The number of nitrogens with one attached hydrogen (secondary N) is 1. The van der Waals surface area contributed by atoms with Gasteiger partial charge < -0.3 is 14.8 Å². The molecule has 1 atom stereocenters. The zero-order valence-electron chi connectivity index (χ0n) is 17.8. The minimum absolute atomic E-state index is 0.0110. The van der Waals surface area contributed by atoms with Crippen molar-refractivity contribution in [1.82, 2.24) is 9.55 Å². The number of hydrogen-bond acceptors (Lipinski definition) is 5. The molecule has 4 heterocycles. The summed E-state index contributed by atoms with van der Waals surface area (Å²) in [5.74, 6) is 1.00. The molecule has 6 rings (SSSR count). The molecule has 0 aliphatic carbocycles. The summed E-state index contributed by atoms with van der Waals surface area (Å²) in [6.07, 6.45) is 0.944. The molecule has 0 fully saturated rings. The standard InChI is InChI=1S/C24H22ClN5OS/c1-14-26-19-13-21(15-4-6-16(25)7-5-15)32-22(19)23(31)30(14)17-8-9-20-18(12-17)27-24-28(2)10-3-11-29(20)24/h4-9,12-14,26H,3,10-11H2,1-2H3. The third kappa shape index (κ3) is 2.99. The molecule has 4 aromatic rings. The number of aryl methyl sites for hydroxylation is 1. The van der Waals surface area contributed by atoms with Crippen molar-refractivity contribution in [3.63, 3.8) is 0 Å². The van der Waals surface area contributed by atoms with Crippen LogP contribution >= 0.6 is 22.9 Å². The van der Waals surface area contributed by atoms with Crippen LogP contribution in [0.25, 0.3) is 21.5 Å². The monoisotopic (exact) mass is 463 g/mol. The number of carbonyl (C=O) groups excluding carboxylic acids is 1. The lowest BCUT2D eigenvalue weighted by Gasteiger charge is -2.34. The number of hydrogen-bond donors (Lipinski definition) is 1. The van der Waals surface area contributed by atoms with Gasteiger partial charge in [0, 0.05) is 35.7 Å². The van der Waals surface area contributed by atoms with Crippen molar-refractivity contribution >= 4 is 57.2 Å². The minimum atomic E-state index is -0.167. The van der Waals surface area contributed by atoms with Crippen molar-refractivity contribution in [2.45, 2.75) is 26.1 Å². The van der Waals surface area contributed by atoms with Crippen LogP contribution in [0.2, 0.25) is 5.02 Å². The number of carbonyl (C=O) groups is 1. The summed E-state index contributed by atoms with van der Waals surface area (Å²) in [4.78, 5) is 24.2. The summed E-state index contributed by atoms with van der Waals surface area (Å²) in [5.41, 5.74) is 4.82. The van der Waals surface area contributed by atoms with Gasteiger partial charge in [-0.3, -0.25) is 9.69 Å². The van der Waals surface area contributed by atoms with E-state index in [1.165, 1.54) is 11.3 Å². The first-order chi connectivity index (χ1) is 15.5. The van der Waals surface area contributed by atoms with E-state index in [1.807, 2.05) is 48.2 Å². The summed E-state index contributed by atoms with van der Waals surface area (Å²) in [7, 11) is 2.08. The summed E-state index contributed by atoms with van der Waals surface area (Å²) in [6, 6.07) is 15.9. The Bertz CT molecular complexity index is 1360. The van der Waals surface area contributed by atoms with E-state index >= 15 is 0 Å². The van der Waals surface area contributed by atoms with Crippen LogP contribution in [0.3, 0.4) is 0 Å². The molecule has 32 heavy (non-hydrogen) atoms. The van der Waals surface area contributed by atoms with Gasteiger partial charge in [0.2, 0.25) is 5.95 Å².